The molecule has 1 aromatic rings. The standard InChI is InChI=1S/C7H10ClN3OS2/c1-9-7(13)11-2-4(12)5-3-10-6(8)14-5/h3-4,12H,2H2,1H3,(H2,9,11,13). The molecule has 1 rings (SSSR count). The fourth-order valence-corrected chi connectivity index (χ4v) is 1.82. The Morgan fingerprint density at radius 3 is 3.07 bits per heavy atom. The van der Waals surface area contributed by atoms with Gasteiger partial charge in [-0.05, 0) is 12.2 Å². The Kier molecular flexibility index (Phi) is 4.53. The van der Waals surface area contributed by atoms with Crippen LogP contribution in [0.25, 0.3) is 0 Å². The zero-order valence-electron chi connectivity index (χ0n) is 7.45. The molecule has 3 N–H and O–H groups in total. The zero-order valence-corrected chi connectivity index (χ0v) is 9.84. The summed E-state index contributed by atoms with van der Waals surface area (Å²) in [6, 6.07) is 0. The summed E-state index contributed by atoms with van der Waals surface area (Å²) in [5.74, 6) is 0. The fourth-order valence-electron chi connectivity index (χ4n) is 0.797. The van der Waals surface area contributed by atoms with Crippen LogP contribution in [0, 0.1) is 0 Å². The lowest BCUT2D eigenvalue weighted by molar-refractivity contribution is 0.184. The summed E-state index contributed by atoms with van der Waals surface area (Å²) >= 11 is 11.7. The average Bonchev–Trinajstić information content (AvgIpc) is 2.60. The monoisotopic (exact) mass is 251 g/mol. The van der Waals surface area contributed by atoms with Crippen molar-refractivity contribution in [2.24, 2.45) is 0 Å². The molecule has 1 atom stereocenters. The number of hydrogen-bond donors (Lipinski definition) is 3. The summed E-state index contributed by atoms with van der Waals surface area (Å²) in [5.41, 5.74) is 0. The molecular formula is C7H10ClN3OS2. The molecule has 0 aliphatic rings. The minimum Gasteiger partial charge on any atom is -0.386 e. The van der Waals surface area contributed by atoms with E-state index in [1.54, 1.807) is 13.2 Å². The van der Waals surface area contributed by atoms with E-state index < -0.39 is 6.10 Å². The second kappa shape index (κ2) is 5.45. The molecule has 0 saturated heterocycles. The van der Waals surface area contributed by atoms with Crippen molar-refractivity contribution in [2.45, 2.75) is 6.10 Å². The number of aromatic nitrogens is 1. The molecule has 78 valence electrons. The predicted molar refractivity (Wildman–Crippen MR) is 61.7 cm³/mol. The lowest BCUT2D eigenvalue weighted by Crippen LogP contribution is -2.35. The lowest BCUT2D eigenvalue weighted by Gasteiger charge is -2.10. The van der Waals surface area contributed by atoms with Crippen LogP contribution in [-0.4, -0.2) is 28.8 Å². The van der Waals surface area contributed by atoms with Gasteiger partial charge in [-0.25, -0.2) is 4.98 Å². The summed E-state index contributed by atoms with van der Waals surface area (Å²) < 4.78 is 0.426. The van der Waals surface area contributed by atoms with Crippen molar-refractivity contribution in [2.75, 3.05) is 13.6 Å². The molecular weight excluding hydrogens is 242 g/mol. The van der Waals surface area contributed by atoms with E-state index in [-0.39, 0.29) is 0 Å². The van der Waals surface area contributed by atoms with Crippen LogP contribution in [-0.2, 0) is 0 Å². The van der Waals surface area contributed by atoms with Gasteiger partial charge in [-0.3, -0.25) is 0 Å². The molecule has 0 radical (unpaired) electrons. The first kappa shape index (κ1) is 11.6. The van der Waals surface area contributed by atoms with Gasteiger partial charge in [-0.2, -0.15) is 0 Å². The second-order valence-corrected chi connectivity index (χ2v) is 4.54. The number of hydrogen-bond acceptors (Lipinski definition) is 4. The van der Waals surface area contributed by atoms with Crippen LogP contribution in [0.5, 0.6) is 0 Å². The number of rotatable bonds is 3. The normalized spacial score (nSPS) is 12.2. The molecule has 0 spiro atoms. The van der Waals surface area contributed by atoms with Crippen molar-refractivity contribution in [1.29, 1.82) is 0 Å². The lowest BCUT2D eigenvalue weighted by atomic mass is 10.3. The minimum atomic E-state index is -0.633. The first-order valence-electron chi connectivity index (χ1n) is 3.88. The molecule has 0 amide bonds. The Balaban J connectivity index is 2.42. The van der Waals surface area contributed by atoms with E-state index in [0.29, 0.717) is 16.1 Å². The molecule has 0 aromatic carbocycles. The zero-order chi connectivity index (χ0) is 10.6. The quantitative estimate of drug-likeness (QED) is 0.698. The Hall–Kier alpha value is -0.430. The first-order chi connectivity index (χ1) is 6.63. The third-order valence-corrected chi connectivity index (χ3v) is 3.07. The largest absolute Gasteiger partial charge is 0.386 e. The Morgan fingerprint density at radius 2 is 2.57 bits per heavy atom. The minimum absolute atomic E-state index is 0.345. The van der Waals surface area contributed by atoms with Gasteiger partial charge < -0.3 is 15.7 Å². The molecule has 1 aromatic heterocycles. The molecule has 1 unspecified atom stereocenters. The van der Waals surface area contributed by atoms with E-state index in [1.165, 1.54) is 11.3 Å². The Bertz CT molecular complexity index is 318. The molecule has 4 nitrogen and oxygen atoms in total. The van der Waals surface area contributed by atoms with Crippen LogP contribution in [0.2, 0.25) is 4.47 Å². The summed E-state index contributed by atoms with van der Waals surface area (Å²) in [5, 5.41) is 15.7. The molecule has 7 heteroatoms. The molecule has 0 aliphatic carbocycles. The molecule has 0 aliphatic heterocycles. The number of nitrogens with zero attached hydrogens (tertiary/aromatic N) is 1. The molecule has 0 bridgehead atoms. The number of aliphatic hydroxyl groups is 1. The average molecular weight is 252 g/mol. The number of thiocarbonyl (C=S) groups is 1. The molecule has 0 fully saturated rings. The summed E-state index contributed by atoms with van der Waals surface area (Å²) in [7, 11) is 1.71. The summed E-state index contributed by atoms with van der Waals surface area (Å²) in [6.07, 6.45) is 0.924. The van der Waals surface area contributed by atoms with Gasteiger partial charge >= 0.3 is 0 Å². The van der Waals surface area contributed by atoms with Crippen molar-refractivity contribution in [3.05, 3.63) is 15.5 Å². The van der Waals surface area contributed by atoms with Gasteiger partial charge in [-0.15, -0.1) is 11.3 Å². The maximum absolute atomic E-state index is 9.64. The van der Waals surface area contributed by atoms with Gasteiger partial charge in [0.15, 0.2) is 9.58 Å². The molecule has 14 heavy (non-hydrogen) atoms. The number of thiazole rings is 1. The predicted octanol–water partition coefficient (Wildman–Crippen LogP) is 0.924. The highest BCUT2D eigenvalue weighted by Gasteiger charge is 2.10. The fraction of sp³-hybridized carbons (Fsp3) is 0.429. The van der Waals surface area contributed by atoms with Crippen molar-refractivity contribution >= 4 is 40.3 Å². The van der Waals surface area contributed by atoms with E-state index in [9.17, 15) is 5.11 Å². The van der Waals surface area contributed by atoms with Crippen LogP contribution < -0.4 is 10.6 Å². The highest BCUT2D eigenvalue weighted by atomic mass is 35.5. The maximum atomic E-state index is 9.64. The Labute approximate surface area is 96.3 Å². The van der Waals surface area contributed by atoms with E-state index in [4.69, 9.17) is 23.8 Å². The van der Waals surface area contributed by atoms with Crippen molar-refractivity contribution in [3.8, 4) is 0 Å². The summed E-state index contributed by atoms with van der Waals surface area (Å²) in [4.78, 5) is 4.56. The van der Waals surface area contributed by atoms with E-state index in [1.807, 2.05) is 0 Å². The van der Waals surface area contributed by atoms with E-state index in [0.717, 1.165) is 4.88 Å². The van der Waals surface area contributed by atoms with Gasteiger partial charge in [-0.1, -0.05) is 11.6 Å². The number of aliphatic hydroxyl groups excluding tert-OH is 1. The number of nitrogens with one attached hydrogen (secondary N) is 2. The van der Waals surface area contributed by atoms with E-state index in [2.05, 4.69) is 15.6 Å². The van der Waals surface area contributed by atoms with Gasteiger partial charge in [0.1, 0.15) is 6.10 Å². The summed E-state index contributed by atoms with van der Waals surface area (Å²) in [6.45, 7) is 0.345. The topological polar surface area (TPSA) is 57.2 Å². The van der Waals surface area contributed by atoms with Crippen LogP contribution in [0.1, 0.15) is 11.0 Å². The van der Waals surface area contributed by atoms with E-state index >= 15 is 0 Å². The van der Waals surface area contributed by atoms with Gasteiger partial charge in [0.2, 0.25) is 0 Å². The molecule has 1 heterocycles. The van der Waals surface area contributed by atoms with Crippen LogP contribution >= 0.6 is 35.2 Å². The van der Waals surface area contributed by atoms with Crippen LogP contribution in [0.3, 0.4) is 0 Å². The molecule has 0 saturated carbocycles. The second-order valence-electron chi connectivity index (χ2n) is 2.49. The van der Waals surface area contributed by atoms with Gasteiger partial charge in [0.25, 0.3) is 0 Å². The number of halogens is 1. The maximum Gasteiger partial charge on any atom is 0.183 e. The SMILES string of the molecule is CNC(=S)NCC(O)c1cnc(Cl)s1. The van der Waals surface area contributed by atoms with Crippen molar-refractivity contribution < 1.29 is 5.11 Å². The van der Waals surface area contributed by atoms with Crippen molar-refractivity contribution in [3.63, 3.8) is 0 Å². The third kappa shape index (κ3) is 3.38. The van der Waals surface area contributed by atoms with Crippen LogP contribution in [0.4, 0.5) is 0 Å². The van der Waals surface area contributed by atoms with Gasteiger partial charge in [0.05, 0.1) is 4.88 Å². The highest BCUT2D eigenvalue weighted by Crippen LogP contribution is 2.23. The smallest absolute Gasteiger partial charge is 0.183 e. The van der Waals surface area contributed by atoms with Crippen LogP contribution in [0.15, 0.2) is 6.20 Å². The highest BCUT2D eigenvalue weighted by molar-refractivity contribution is 7.80. The van der Waals surface area contributed by atoms with Gasteiger partial charge in [0, 0.05) is 19.8 Å². The third-order valence-electron chi connectivity index (χ3n) is 1.51. The van der Waals surface area contributed by atoms with Crippen molar-refractivity contribution in [1.82, 2.24) is 15.6 Å². The Morgan fingerprint density at radius 1 is 1.86 bits per heavy atom. The first-order valence-corrected chi connectivity index (χ1v) is 5.48.